The number of phenolic OH excluding ortho intramolecular Hbond substituents is 1. The molecule has 28 heavy (non-hydrogen) atoms. The van der Waals surface area contributed by atoms with Crippen LogP contribution in [-0.2, 0) is 5.60 Å². The first-order chi connectivity index (χ1) is 13.6. The number of hydrogen-bond donors (Lipinski definition) is 2. The lowest BCUT2D eigenvalue weighted by atomic mass is 9.80. The minimum absolute atomic E-state index is 0.161. The molecule has 0 fully saturated rings. The quantitative estimate of drug-likeness (QED) is 0.443. The minimum atomic E-state index is -1.33. The van der Waals surface area contributed by atoms with Crippen molar-refractivity contribution in [3.8, 4) is 11.5 Å². The van der Waals surface area contributed by atoms with E-state index in [2.05, 4.69) is 0 Å². The lowest BCUT2D eigenvalue weighted by molar-refractivity contribution is 0.125. The van der Waals surface area contributed by atoms with Crippen LogP contribution in [-0.4, -0.2) is 16.8 Å². The van der Waals surface area contributed by atoms with Crippen LogP contribution < -0.4 is 4.74 Å². The molecule has 2 N–H and O–H groups in total. The van der Waals surface area contributed by atoms with E-state index in [1.165, 1.54) is 0 Å². The Morgan fingerprint density at radius 1 is 0.786 bits per heavy atom. The van der Waals surface area contributed by atoms with Crippen molar-refractivity contribution >= 4 is 0 Å². The lowest BCUT2D eigenvalue weighted by Crippen LogP contribution is -2.28. The number of benzene rings is 3. The first-order valence-electron chi connectivity index (χ1n) is 9.23. The zero-order valence-corrected chi connectivity index (χ0v) is 15.8. The Bertz CT molecular complexity index is 926. The molecular weight excluding hydrogens is 348 g/mol. The van der Waals surface area contributed by atoms with E-state index in [1.54, 1.807) is 24.3 Å². The number of hydrogen-bond acceptors (Lipinski definition) is 3. The lowest BCUT2D eigenvalue weighted by Gasteiger charge is -2.30. The maximum Gasteiger partial charge on any atom is 0.140 e. The highest BCUT2D eigenvalue weighted by Gasteiger charge is 2.33. The fourth-order valence-electron chi connectivity index (χ4n) is 3.06. The monoisotopic (exact) mass is 372 g/mol. The summed E-state index contributed by atoms with van der Waals surface area (Å²) in [5.41, 5.74) is 0.823. The van der Waals surface area contributed by atoms with Crippen molar-refractivity contribution in [2.75, 3.05) is 6.61 Å². The van der Waals surface area contributed by atoms with Gasteiger partial charge in [0.2, 0.25) is 0 Å². The summed E-state index contributed by atoms with van der Waals surface area (Å²) in [4.78, 5) is 0. The molecule has 0 saturated heterocycles. The van der Waals surface area contributed by atoms with Crippen LogP contribution in [0.3, 0.4) is 0 Å². The Morgan fingerprint density at radius 3 is 1.96 bits per heavy atom. The van der Waals surface area contributed by atoms with E-state index < -0.39 is 5.60 Å². The van der Waals surface area contributed by atoms with Gasteiger partial charge in [0, 0.05) is 0 Å². The van der Waals surface area contributed by atoms with Crippen molar-refractivity contribution in [3.63, 3.8) is 0 Å². The van der Waals surface area contributed by atoms with Crippen LogP contribution in [0.4, 0.5) is 0 Å². The topological polar surface area (TPSA) is 49.7 Å². The van der Waals surface area contributed by atoms with Gasteiger partial charge < -0.3 is 14.9 Å². The van der Waals surface area contributed by atoms with Gasteiger partial charge in [-0.3, -0.25) is 0 Å². The van der Waals surface area contributed by atoms with Gasteiger partial charge in [0.1, 0.15) is 23.7 Å². The summed E-state index contributed by atoms with van der Waals surface area (Å²) in [5, 5.41) is 21.4. The number of phenols is 1. The van der Waals surface area contributed by atoms with Gasteiger partial charge >= 0.3 is 0 Å². The van der Waals surface area contributed by atoms with Crippen molar-refractivity contribution in [3.05, 3.63) is 120 Å². The molecule has 3 nitrogen and oxygen atoms in total. The van der Waals surface area contributed by atoms with Crippen LogP contribution >= 0.6 is 0 Å². The van der Waals surface area contributed by atoms with Gasteiger partial charge in [-0.15, -0.1) is 0 Å². The molecule has 0 saturated carbocycles. The molecular formula is C25H24O3. The minimum Gasteiger partial charge on any atom is -0.508 e. The van der Waals surface area contributed by atoms with Gasteiger partial charge in [0.05, 0.1) is 0 Å². The second-order valence-corrected chi connectivity index (χ2v) is 6.41. The molecule has 0 spiro atoms. The molecule has 0 aliphatic heterocycles. The molecule has 142 valence electrons. The van der Waals surface area contributed by atoms with E-state index in [0.29, 0.717) is 12.2 Å². The molecule has 0 amide bonds. The number of ether oxygens (including phenoxy) is 1. The molecule has 3 heteroatoms. The summed E-state index contributed by atoms with van der Waals surface area (Å²) in [5.74, 6) is 0.892. The highest BCUT2D eigenvalue weighted by molar-refractivity contribution is 5.48. The number of aromatic hydroxyl groups is 1. The van der Waals surface area contributed by atoms with Crippen molar-refractivity contribution in [2.24, 2.45) is 0 Å². The highest BCUT2D eigenvalue weighted by atomic mass is 16.5. The molecule has 3 aromatic carbocycles. The fourth-order valence-corrected chi connectivity index (χ4v) is 3.06. The summed E-state index contributed by atoms with van der Waals surface area (Å²) in [6.07, 6.45) is 7.78. The molecule has 3 aromatic rings. The Morgan fingerprint density at radius 2 is 1.36 bits per heavy atom. The Kier molecular flexibility index (Phi) is 6.30. The summed E-state index contributed by atoms with van der Waals surface area (Å²) >= 11 is 0. The summed E-state index contributed by atoms with van der Waals surface area (Å²) in [7, 11) is 0. The molecule has 0 bridgehead atoms. The SMILES string of the molecule is C/C=C/C=C/COc1ccc(C(O)(c2ccccc2)c2ccc(O)cc2)cc1. The van der Waals surface area contributed by atoms with E-state index >= 15 is 0 Å². The Hall–Kier alpha value is -3.30. The highest BCUT2D eigenvalue weighted by Crippen LogP contribution is 2.37. The van der Waals surface area contributed by atoms with Crippen LogP contribution in [0, 0.1) is 0 Å². The van der Waals surface area contributed by atoms with Gasteiger partial charge in [0.15, 0.2) is 0 Å². The second kappa shape index (κ2) is 9.07. The van der Waals surface area contributed by atoms with Crippen molar-refractivity contribution in [1.29, 1.82) is 0 Å². The number of aliphatic hydroxyl groups is 1. The molecule has 3 rings (SSSR count). The standard InChI is InChI=1S/C25H24O3/c1-2-3-4-8-19-28-24-17-13-22(14-18-24)25(27,20-9-6-5-7-10-20)21-11-15-23(26)16-12-21/h2-18,26-27H,19H2,1H3/b3-2+,8-4+. The molecule has 1 atom stereocenters. The van der Waals surface area contributed by atoms with E-state index in [9.17, 15) is 10.2 Å². The summed E-state index contributed by atoms with van der Waals surface area (Å²) in [6.45, 7) is 2.44. The summed E-state index contributed by atoms with van der Waals surface area (Å²) < 4.78 is 5.71. The average molecular weight is 372 g/mol. The summed E-state index contributed by atoms with van der Waals surface area (Å²) in [6, 6.07) is 23.6. The second-order valence-electron chi connectivity index (χ2n) is 6.41. The molecule has 0 aliphatic rings. The van der Waals surface area contributed by atoms with Gasteiger partial charge in [-0.2, -0.15) is 0 Å². The van der Waals surface area contributed by atoms with E-state index in [4.69, 9.17) is 4.74 Å². The third-order valence-corrected chi connectivity index (χ3v) is 4.53. The van der Waals surface area contributed by atoms with E-state index in [0.717, 1.165) is 16.9 Å². The third-order valence-electron chi connectivity index (χ3n) is 4.53. The van der Waals surface area contributed by atoms with E-state index in [-0.39, 0.29) is 5.75 Å². The van der Waals surface area contributed by atoms with Crippen LogP contribution in [0.5, 0.6) is 11.5 Å². The number of allylic oxidation sites excluding steroid dienone is 3. The molecule has 0 radical (unpaired) electrons. The Balaban J connectivity index is 1.92. The molecule has 0 aromatic heterocycles. The maximum absolute atomic E-state index is 11.7. The third kappa shape index (κ3) is 4.33. The van der Waals surface area contributed by atoms with Crippen molar-refractivity contribution in [2.45, 2.75) is 12.5 Å². The molecule has 0 aliphatic carbocycles. The van der Waals surface area contributed by atoms with Gasteiger partial charge in [-0.05, 0) is 54.0 Å². The van der Waals surface area contributed by atoms with Gasteiger partial charge in [0.25, 0.3) is 0 Å². The fraction of sp³-hybridized carbons (Fsp3) is 0.120. The van der Waals surface area contributed by atoms with Crippen LogP contribution in [0.15, 0.2) is 103 Å². The molecule has 1 unspecified atom stereocenters. The predicted octanol–water partition coefficient (Wildman–Crippen LogP) is 5.19. The maximum atomic E-state index is 11.7. The zero-order valence-electron chi connectivity index (χ0n) is 15.8. The van der Waals surface area contributed by atoms with Crippen molar-refractivity contribution in [1.82, 2.24) is 0 Å². The first kappa shape index (κ1) is 19.5. The van der Waals surface area contributed by atoms with Crippen LogP contribution in [0.2, 0.25) is 0 Å². The predicted molar refractivity (Wildman–Crippen MR) is 113 cm³/mol. The Labute approximate surface area is 165 Å². The van der Waals surface area contributed by atoms with E-state index in [1.807, 2.05) is 85.8 Å². The van der Waals surface area contributed by atoms with Gasteiger partial charge in [-0.25, -0.2) is 0 Å². The van der Waals surface area contributed by atoms with Gasteiger partial charge in [-0.1, -0.05) is 72.8 Å². The zero-order chi connectivity index (χ0) is 19.8. The molecule has 0 heterocycles. The largest absolute Gasteiger partial charge is 0.508 e. The van der Waals surface area contributed by atoms with Crippen LogP contribution in [0.1, 0.15) is 23.6 Å². The number of rotatable bonds is 7. The normalized spacial score (nSPS) is 13.6. The van der Waals surface area contributed by atoms with Crippen LogP contribution in [0.25, 0.3) is 0 Å². The van der Waals surface area contributed by atoms with Crippen molar-refractivity contribution < 1.29 is 14.9 Å². The smallest absolute Gasteiger partial charge is 0.140 e. The average Bonchev–Trinajstić information content (AvgIpc) is 2.74. The first-order valence-corrected chi connectivity index (χ1v) is 9.23.